The molecule has 0 amide bonds. The lowest BCUT2D eigenvalue weighted by molar-refractivity contribution is 0.267. The van der Waals surface area contributed by atoms with Crippen molar-refractivity contribution in [3.8, 4) is 0 Å². The zero-order valence-electron chi connectivity index (χ0n) is 10.8. The summed E-state index contributed by atoms with van der Waals surface area (Å²) in [6.07, 6.45) is 4.95. The summed E-state index contributed by atoms with van der Waals surface area (Å²) < 4.78 is 23.7. The molecular formula is C11H21N3O2S. The first-order valence-corrected chi connectivity index (χ1v) is 7.18. The fourth-order valence-corrected chi connectivity index (χ4v) is 2.31. The standard InChI is InChI=1S/C11H21N3O2S/c1-10(2)17(15,16)11-5-6-14(12-9-11)8-7-13(3)4/h5-6,9-10,12H,7-8H2,1-4H3. The summed E-state index contributed by atoms with van der Waals surface area (Å²) in [4.78, 5) is 2.41. The SMILES string of the molecule is CC(C)S(=O)(=O)C1=CNN(CCN(C)C)C=C1. The highest BCUT2D eigenvalue weighted by Crippen LogP contribution is 2.16. The zero-order chi connectivity index (χ0) is 13.1. The van der Waals surface area contributed by atoms with Gasteiger partial charge < -0.3 is 10.3 Å². The minimum absolute atomic E-state index is 0.341. The quantitative estimate of drug-likeness (QED) is 0.781. The lowest BCUT2D eigenvalue weighted by Crippen LogP contribution is -2.37. The molecule has 0 unspecified atom stereocenters. The van der Waals surface area contributed by atoms with Gasteiger partial charge >= 0.3 is 0 Å². The Kier molecular flexibility index (Phi) is 4.59. The number of allylic oxidation sites excluding steroid dienone is 1. The van der Waals surface area contributed by atoms with Gasteiger partial charge in [0, 0.05) is 18.9 Å². The van der Waals surface area contributed by atoms with Crippen LogP contribution in [0.25, 0.3) is 0 Å². The second-order valence-corrected chi connectivity index (χ2v) is 7.09. The number of nitrogens with one attached hydrogen (secondary N) is 1. The van der Waals surface area contributed by atoms with Gasteiger partial charge in [-0.05, 0) is 34.0 Å². The largest absolute Gasteiger partial charge is 0.308 e. The highest BCUT2D eigenvalue weighted by atomic mass is 32.2. The van der Waals surface area contributed by atoms with E-state index in [1.165, 1.54) is 0 Å². The molecule has 1 rings (SSSR count). The van der Waals surface area contributed by atoms with E-state index in [9.17, 15) is 8.42 Å². The lowest BCUT2D eigenvalue weighted by atomic mass is 10.5. The Morgan fingerprint density at radius 1 is 1.41 bits per heavy atom. The summed E-state index contributed by atoms with van der Waals surface area (Å²) in [5.41, 5.74) is 2.96. The predicted octanol–water partition coefficient (Wildman–Crippen LogP) is 0.547. The number of hydrazine groups is 1. The van der Waals surface area contributed by atoms with Crippen molar-refractivity contribution < 1.29 is 8.42 Å². The van der Waals surface area contributed by atoms with Crippen LogP contribution in [0.5, 0.6) is 0 Å². The minimum atomic E-state index is -3.18. The van der Waals surface area contributed by atoms with Crippen molar-refractivity contribution in [1.29, 1.82) is 0 Å². The summed E-state index contributed by atoms with van der Waals surface area (Å²) in [6, 6.07) is 0. The van der Waals surface area contributed by atoms with E-state index < -0.39 is 15.1 Å². The van der Waals surface area contributed by atoms with Crippen LogP contribution in [-0.4, -0.2) is 50.8 Å². The maximum atomic E-state index is 11.9. The van der Waals surface area contributed by atoms with E-state index in [-0.39, 0.29) is 0 Å². The monoisotopic (exact) mass is 259 g/mol. The van der Waals surface area contributed by atoms with Gasteiger partial charge in [0.2, 0.25) is 0 Å². The lowest BCUT2D eigenvalue weighted by Gasteiger charge is -2.25. The summed E-state index contributed by atoms with van der Waals surface area (Å²) in [5, 5.41) is 1.47. The van der Waals surface area contributed by atoms with Gasteiger partial charge in [-0.3, -0.25) is 5.01 Å². The number of nitrogens with zero attached hydrogens (tertiary/aromatic N) is 2. The van der Waals surface area contributed by atoms with E-state index in [0.717, 1.165) is 13.1 Å². The van der Waals surface area contributed by atoms with Crippen molar-refractivity contribution in [2.75, 3.05) is 27.2 Å². The fourth-order valence-electron chi connectivity index (χ4n) is 1.30. The molecule has 5 nitrogen and oxygen atoms in total. The Balaban J connectivity index is 2.61. The van der Waals surface area contributed by atoms with Crippen LogP contribution < -0.4 is 5.43 Å². The van der Waals surface area contributed by atoms with Gasteiger partial charge in [-0.25, -0.2) is 8.42 Å². The summed E-state index contributed by atoms with van der Waals surface area (Å²) in [7, 11) is 0.816. The van der Waals surface area contributed by atoms with Crippen molar-refractivity contribution in [2.45, 2.75) is 19.1 Å². The zero-order valence-corrected chi connectivity index (χ0v) is 11.7. The van der Waals surface area contributed by atoms with E-state index >= 15 is 0 Å². The molecule has 1 aliphatic rings. The average Bonchev–Trinajstić information content (AvgIpc) is 2.26. The molecular weight excluding hydrogens is 238 g/mol. The fraction of sp³-hybridized carbons (Fsp3) is 0.636. The molecule has 0 aliphatic carbocycles. The number of rotatable bonds is 5. The van der Waals surface area contributed by atoms with Crippen LogP contribution in [-0.2, 0) is 9.84 Å². The molecule has 98 valence electrons. The minimum Gasteiger partial charge on any atom is -0.308 e. The molecule has 0 aromatic rings. The maximum Gasteiger partial charge on any atom is 0.182 e. The van der Waals surface area contributed by atoms with Gasteiger partial charge in [0.15, 0.2) is 9.84 Å². The van der Waals surface area contributed by atoms with E-state index in [1.807, 2.05) is 19.1 Å². The highest BCUT2D eigenvalue weighted by Gasteiger charge is 2.22. The van der Waals surface area contributed by atoms with Gasteiger partial charge in [0.05, 0.1) is 16.7 Å². The van der Waals surface area contributed by atoms with Crippen molar-refractivity contribution in [2.24, 2.45) is 0 Å². The molecule has 0 atom stereocenters. The predicted molar refractivity (Wildman–Crippen MR) is 69.7 cm³/mol. The Morgan fingerprint density at radius 2 is 2.06 bits per heavy atom. The first-order valence-electron chi connectivity index (χ1n) is 5.64. The van der Waals surface area contributed by atoms with E-state index in [0.29, 0.717) is 4.91 Å². The molecule has 0 saturated carbocycles. The molecule has 0 fully saturated rings. The molecule has 0 radical (unpaired) electrons. The van der Waals surface area contributed by atoms with Crippen LogP contribution in [0, 0.1) is 0 Å². The summed E-state index contributed by atoms with van der Waals surface area (Å²) >= 11 is 0. The van der Waals surface area contributed by atoms with Gasteiger partial charge in [0.1, 0.15) is 0 Å². The van der Waals surface area contributed by atoms with Gasteiger partial charge in [-0.2, -0.15) is 0 Å². The van der Waals surface area contributed by atoms with Crippen molar-refractivity contribution in [1.82, 2.24) is 15.3 Å². The summed E-state index contributed by atoms with van der Waals surface area (Å²) in [6.45, 7) is 5.07. The molecule has 0 saturated heterocycles. The van der Waals surface area contributed by atoms with E-state index in [2.05, 4.69) is 10.3 Å². The Morgan fingerprint density at radius 3 is 2.47 bits per heavy atom. The van der Waals surface area contributed by atoms with Gasteiger partial charge in [-0.15, -0.1) is 0 Å². The third-order valence-corrected chi connectivity index (χ3v) is 4.68. The van der Waals surface area contributed by atoms with Crippen molar-refractivity contribution in [3.05, 3.63) is 23.4 Å². The number of sulfone groups is 1. The molecule has 1 heterocycles. The number of hydrogen-bond acceptors (Lipinski definition) is 5. The van der Waals surface area contributed by atoms with Crippen molar-refractivity contribution in [3.63, 3.8) is 0 Å². The van der Waals surface area contributed by atoms with Crippen molar-refractivity contribution >= 4 is 9.84 Å². The third-order valence-electron chi connectivity index (χ3n) is 2.53. The Labute approximate surface area is 104 Å². The molecule has 0 aromatic heterocycles. The van der Waals surface area contributed by atoms with Gasteiger partial charge in [-0.1, -0.05) is 0 Å². The smallest absolute Gasteiger partial charge is 0.182 e. The molecule has 17 heavy (non-hydrogen) atoms. The van der Waals surface area contributed by atoms with Crippen LogP contribution in [0.3, 0.4) is 0 Å². The molecule has 0 aromatic carbocycles. The molecule has 6 heteroatoms. The van der Waals surface area contributed by atoms with Crippen LogP contribution in [0.15, 0.2) is 23.4 Å². The maximum absolute atomic E-state index is 11.9. The van der Waals surface area contributed by atoms with Crippen LogP contribution in [0.2, 0.25) is 0 Å². The second-order valence-electron chi connectivity index (χ2n) is 4.58. The van der Waals surface area contributed by atoms with Crippen LogP contribution in [0.4, 0.5) is 0 Å². The molecule has 1 N–H and O–H groups in total. The molecule has 1 aliphatic heterocycles. The number of hydrogen-bond donors (Lipinski definition) is 1. The van der Waals surface area contributed by atoms with Crippen LogP contribution in [0.1, 0.15) is 13.8 Å². The summed E-state index contributed by atoms with van der Waals surface area (Å²) in [5.74, 6) is 0. The second kappa shape index (κ2) is 5.55. The third kappa shape index (κ3) is 3.74. The highest BCUT2D eigenvalue weighted by molar-refractivity contribution is 7.96. The molecule has 0 spiro atoms. The van der Waals surface area contributed by atoms with E-state index in [1.54, 1.807) is 32.3 Å². The number of likely N-dealkylation sites (N-methyl/N-ethyl adjacent to an activating group) is 1. The van der Waals surface area contributed by atoms with Gasteiger partial charge in [0.25, 0.3) is 0 Å². The van der Waals surface area contributed by atoms with E-state index in [4.69, 9.17) is 0 Å². The Bertz CT molecular complexity index is 410. The average molecular weight is 259 g/mol. The Hall–Kier alpha value is -1.01. The van der Waals surface area contributed by atoms with Crippen LogP contribution >= 0.6 is 0 Å². The first-order chi connectivity index (χ1) is 7.84. The normalized spacial score (nSPS) is 16.4. The topological polar surface area (TPSA) is 52.7 Å². The molecule has 0 bridgehead atoms. The first kappa shape index (κ1) is 14.1.